The number of nitrogen functional groups attached to an aromatic ring is 1. The van der Waals surface area contributed by atoms with Crippen LogP contribution in [0.1, 0.15) is 52.9 Å². The van der Waals surface area contributed by atoms with E-state index in [4.69, 9.17) is 10.5 Å². The minimum absolute atomic E-state index is 0.481. The third-order valence-corrected chi connectivity index (χ3v) is 3.13. The van der Waals surface area contributed by atoms with Crippen LogP contribution in [0.25, 0.3) is 0 Å². The summed E-state index contributed by atoms with van der Waals surface area (Å²) in [6.45, 7) is 7.25. The first-order valence-corrected chi connectivity index (χ1v) is 7.46. The van der Waals surface area contributed by atoms with E-state index < -0.39 is 0 Å². The molecular formula is C16H28N2O. The lowest BCUT2D eigenvalue weighted by Crippen LogP contribution is -2.15. The predicted molar refractivity (Wildman–Crippen MR) is 83.9 cm³/mol. The van der Waals surface area contributed by atoms with Gasteiger partial charge in [-0.2, -0.15) is 0 Å². The van der Waals surface area contributed by atoms with Crippen LogP contribution in [-0.2, 0) is 0 Å². The van der Waals surface area contributed by atoms with Gasteiger partial charge in [-0.05, 0) is 31.9 Å². The molecule has 0 spiro atoms. The fourth-order valence-corrected chi connectivity index (χ4v) is 2.02. The van der Waals surface area contributed by atoms with Crippen LogP contribution < -0.4 is 15.8 Å². The largest absolute Gasteiger partial charge is 0.491 e. The lowest BCUT2D eigenvalue weighted by atomic mass is 10.1. The van der Waals surface area contributed by atoms with Gasteiger partial charge >= 0.3 is 0 Å². The minimum Gasteiger partial charge on any atom is -0.491 e. The molecule has 0 heterocycles. The molecule has 108 valence electrons. The number of rotatable bonds is 9. The van der Waals surface area contributed by atoms with E-state index in [1.807, 2.05) is 18.2 Å². The van der Waals surface area contributed by atoms with Crippen molar-refractivity contribution in [3.05, 3.63) is 18.2 Å². The summed E-state index contributed by atoms with van der Waals surface area (Å²) in [4.78, 5) is 0. The lowest BCUT2D eigenvalue weighted by Gasteiger charge is -2.16. The number of nitrogens with two attached hydrogens (primary N) is 1. The average molecular weight is 264 g/mol. The van der Waals surface area contributed by atoms with Crippen molar-refractivity contribution in [2.75, 3.05) is 17.7 Å². The molecule has 0 saturated carbocycles. The maximum absolute atomic E-state index is 5.91. The molecule has 0 aliphatic carbocycles. The van der Waals surface area contributed by atoms with E-state index in [0.717, 1.165) is 17.9 Å². The van der Waals surface area contributed by atoms with Gasteiger partial charge in [-0.1, -0.05) is 33.1 Å². The van der Waals surface area contributed by atoms with Crippen LogP contribution in [0.2, 0.25) is 0 Å². The summed E-state index contributed by atoms with van der Waals surface area (Å²) in [6.07, 6.45) is 6.04. The molecule has 0 saturated heterocycles. The van der Waals surface area contributed by atoms with E-state index in [1.165, 1.54) is 25.7 Å². The van der Waals surface area contributed by atoms with Gasteiger partial charge in [0.15, 0.2) is 0 Å². The standard InChI is InChI=1S/C16H28N2O/c1-4-6-7-8-13(3)18-14-9-10-15(17)16(12-14)19-11-5-2/h9-10,12-13,18H,4-8,11,17H2,1-3H3. The number of benzene rings is 1. The summed E-state index contributed by atoms with van der Waals surface area (Å²) in [5.41, 5.74) is 7.70. The van der Waals surface area contributed by atoms with Gasteiger partial charge in [0.1, 0.15) is 5.75 Å². The number of hydrogen-bond donors (Lipinski definition) is 2. The van der Waals surface area contributed by atoms with Gasteiger partial charge in [-0.15, -0.1) is 0 Å². The van der Waals surface area contributed by atoms with Crippen molar-refractivity contribution in [2.45, 2.75) is 58.9 Å². The Bertz CT molecular complexity index is 366. The zero-order valence-corrected chi connectivity index (χ0v) is 12.5. The Morgan fingerprint density at radius 3 is 2.68 bits per heavy atom. The third-order valence-electron chi connectivity index (χ3n) is 3.13. The SMILES string of the molecule is CCCCCC(C)Nc1ccc(N)c(OCCC)c1. The second-order valence-corrected chi connectivity index (χ2v) is 5.14. The maximum atomic E-state index is 5.91. The van der Waals surface area contributed by atoms with Crippen molar-refractivity contribution in [3.63, 3.8) is 0 Å². The monoisotopic (exact) mass is 264 g/mol. The maximum Gasteiger partial charge on any atom is 0.144 e. The molecule has 1 atom stereocenters. The van der Waals surface area contributed by atoms with Gasteiger partial charge in [0, 0.05) is 17.8 Å². The molecule has 0 aliphatic rings. The zero-order valence-electron chi connectivity index (χ0n) is 12.5. The Labute approximate surface area is 117 Å². The van der Waals surface area contributed by atoms with Crippen LogP contribution in [0.3, 0.4) is 0 Å². The van der Waals surface area contributed by atoms with Crippen molar-refractivity contribution < 1.29 is 4.74 Å². The normalized spacial score (nSPS) is 12.2. The van der Waals surface area contributed by atoms with E-state index in [9.17, 15) is 0 Å². The minimum atomic E-state index is 0.481. The molecular weight excluding hydrogens is 236 g/mol. The van der Waals surface area contributed by atoms with Crippen LogP contribution in [-0.4, -0.2) is 12.6 Å². The molecule has 0 aromatic heterocycles. The molecule has 0 aliphatic heterocycles. The molecule has 3 N–H and O–H groups in total. The molecule has 1 unspecified atom stereocenters. The molecule has 3 nitrogen and oxygen atoms in total. The highest BCUT2D eigenvalue weighted by molar-refractivity contribution is 5.61. The van der Waals surface area contributed by atoms with Crippen LogP contribution in [0.4, 0.5) is 11.4 Å². The smallest absolute Gasteiger partial charge is 0.144 e. The summed E-state index contributed by atoms with van der Waals surface area (Å²) < 4.78 is 5.64. The number of hydrogen-bond acceptors (Lipinski definition) is 3. The van der Waals surface area contributed by atoms with Gasteiger partial charge in [-0.3, -0.25) is 0 Å². The van der Waals surface area contributed by atoms with Crippen molar-refractivity contribution in [2.24, 2.45) is 0 Å². The second kappa shape index (κ2) is 8.68. The van der Waals surface area contributed by atoms with Gasteiger partial charge in [0.05, 0.1) is 12.3 Å². The molecule has 1 rings (SSSR count). The van der Waals surface area contributed by atoms with E-state index in [0.29, 0.717) is 18.3 Å². The Morgan fingerprint density at radius 1 is 1.21 bits per heavy atom. The van der Waals surface area contributed by atoms with Gasteiger partial charge in [0.2, 0.25) is 0 Å². The Kier molecular flexibility index (Phi) is 7.16. The molecule has 0 fully saturated rings. The highest BCUT2D eigenvalue weighted by Crippen LogP contribution is 2.26. The molecule has 1 aromatic carbocycles. The van der Waals surface area contributed by atoms with Gasteiger partial charge in [-0.25, -0.2) is 0 Å². The number of ether oxygens (including phenoxy) is 1. The van der Waals surface area contributed by atoms with E-state index in [1.54, 1.807) is 0 Å². The summed E-state index contributed by atoms with van der Waals surface area (Å²) in [6, 6.07) is 6.41. The summed E-state index contributed by atoms with van der Waals surface area (Å²) in [5.74, 6) is 0.785. The highest BCUT2D eigenvalue weighted by Gasteiger charge is 2.05. The fourth-order valence-electron chi connectivity index (χ4n) is 2.02. The molecule has 1 aromatic rings. The van der Waals surface area contributed by atoms with Gasteiger partial charge < -0.3 is 15.8 Å². The van der Waals surface area contributed by atoms with Crippen molar-refractivity contribution in [1.29, 1.82) is 0 Å². The third kappa shape index (κ3) is 5.86. The fraction of sp³-hybridized carbons (Fsp3) is 0.625. The van der Waals surface area contributed by atoms with Crippen LogP contribution >= 0.6 is 0 Å². The van der Waals surface area contributed by atoms with Crippen molar-refractivity contribution >= 4 is 11.4 Å². The predicted octanol–water partition coefficient (Wildman–Crippen LogP) is 4.44. The lowest BCUT2D eigenvalue weighted by molar-refractivity contribution is 0.319. The number of unbranched alkanes of at least 4 members (excludes halogenated alkanes) is 2. The van der Waals surface area contributed by atoms with Crippen molar-refractivity contribution in [3.8, 4) is 5.75 Å². The molecule has 0 radical (unpaired) electrons. The van der Waals surface area contributed by atoms with E-state index >= 15 is 0 Å². The molecule has 3 heteroatoms. The first kappa shape index (κ1) is 15.7. The highest BCUT2D eigenvalue weighted by atomic mass is 16.5. The van der Waals surface area contributed by atoms with Crippen LogP contribution in [0.15, 0.2) is 18.2 Å². The number of nitrogens with one attached hydrogen (secondary N) is 1. The quantitative estimate of drug-likeness (QED) is 0.512. The Morgan fingerprint density at radius 2 is 2.00 bits per heavy atom. The second-order valence-electron chi connectivity index (χ2n) is 5.14. The molecule has 0 bridgehead atoms. The molecule has 19 heavy (non-hydrogen) atoms. The first-order chi connectivity index (χ1) is 9.17. The first-order valence-electron chi connectivity index (χ1n) is 7.46. The van der Waals surface area contributed by atoms with E-state index in [2.05, 4.69) is 26.1 Å². The summed E-state index contributed by atoms with van der Waals surface area (Å²) in [5, 5.41) is 3.51. The topological polar surface area (TPSA) is 47.3 Å². The van der Waals surface area contributed by atoms with Crippen LogP contribution in [0.5, 0.6) is 5.75 Å². The Balaban J connectivity index is 2.53. The zero-order chi connectivity index (χ0) is 14.1. The van der Waals surface area contributed by atoms with Gasteiger partial charge in [0.25, 0.3) is 0 Å². The Hall–Kier alpha value is -1.38. The summed E-state index contributed by atoms with van der Waals surface area (Å²) >= 11 is 0. The summed E-state index contributed by atoms with van der Waals surface area (Å²) in [7, 11) is 0. The molecule has 0 amide bonds. The van der Waals surface area contributed by atoms with Crippen molar-refractivity contribution in [1.82, 2.24) is 0 Å². The van der Waals surface area contributed by atoms with E-state index in [-0.39, 0.29) is 0 Å². The van der Waals surface area contributed by atoms with Crippen LogP contribution in [0, 0.1) is 0 Å². The number of anilines is 2. The average Bonchev–Trinajstić information content (AvgIpc) is 2.39.